The molecule has 0 radical (unpaired) electrons. The summed E-state index contributed by atoms with van der Waals surface area (Å²) in [6.45, 7) is 4.41. The SMILES string of the molecule is CC(NCC1CCCCN1C)c1cnccn1. The number of nitrogens with one attached hydrogen (secondary N) is 1. The van der Waals surface area contributed by atoms with Crippen molar-refractivity contribution in [3.05, 3.63) is 24.3 Å². The molecule has 1 aliphatic heterocycles. The van der Waals surface area contributed by atoms with Gasteiger partial charge in [-0.05, 0) is 33.4 Å². The first-order valence-electron chi connectivity index (χ1n) is 6.47. The molecule has 4 heteroatoms. The molecule has 1 N–H and O–H groups in total. The highest BCUT2D eigenvalue weighted by atomic mass is 15.2. The van der Waals surface area contributed by atoms with Crippen molar-refractivity contribution in [3.63, 3.8) is 0 Å². The summed E-state index contributed by atoms with van der Waals surface area (Å²) in [5, 5.41) is 3.55. The Labute approximate surface area is 103 Å². The van der Waals surface area contributed by atoms with Crippen molar-refractivity contribution >= 4 is 0 Å². The third-order valence-corrected chi connectivity index (χ3v) is 3.61. The van der Waals surface area contributed by atoms with Crippen molar-refractivity contribution in [1.29, 1.82) is 0 Å². The van der Waals surface area contributed by atoms with Crippen molar-refractivity contribution in [2.75, 3.05) is 20.1 Å². The predicted molar refractivity (Wildman–Crippen MR) is 68.7 cm³/mol. The highest BCUT2D eigenvalue weighted by Gasteiger charge is 2.19. The molecule has 0 saturated carbocycles. The number of hydrogen-bond acceptors (Lipinski definition) is 4. The first kappa shape index (κ1) is 12.5. The Balaban J connectivity index is 1.81. The van der Waals surface area contributed by atoms with Gasteiger partial charge >= 0.3 is 0 Å². The molecule has 1 aliphatic rings. The second-order valence-corrected chi connectivity index (χ2v) is 4.89. The second kappa shape index (κ2) is 6.07. The van der Waals surface area contributed by atoms with Crippen LogP contribution in [0.1, 0.15) is 37.9 Å². The van der Waals surface area contributed by atoms with E-state index in [0.717, 1.165) is 12.2 Å². The predicted octanol–water partition coefficient (Wildman–Crippen LogP) is 1.61. The molecular weight excluding hydrogens is 212 g/mol. The van der Waals surface area contributed by atoms with Crippen LogP contribution < -0.4 is 5.32 Å². The van der Waals surface area contributed by atoms with Gasteiger partial charge in [0.2, 0.25) is 0 Å². The maximum absolute atomic E-state index is 4.32. The van der Waals surface area contributed by atoms with Gasteiger partial charge in [0.05, 0.1) is 5.69 Å². The lowest BCUT2D eigenvalue weighted by Gasteiger charge is -2.33. The van der Waals surface area contributed by atoms with Crippen LogP contribution in [0.5, 0.6) is 0 Å². The molecule has 0 spiro atoms. The fourth-order valence-electron chi connectivity index (χ4n) is 2.35. The quantitative estimate of drug-likeness (QED) is 0.859. The van der Waals surface area contributed by atoms with Crippen LogP contribution in [0.15, 0.2) is 18.6 Å². The third-order valence-electron chi connectivity index (χ3n) is 3.61. The van der Waals surface area contributed by atoms with Gasteiger partial charge < -0.3 is 10.2 Å². The zero-order valence-electron chi connectivity index (χ0n) is 10.8. The molecule has 4 nitrogen and oxygen atoms in total. The third kappa shape index (κ3) is 3.48. The molecule has 94 valence electrons. The van der Waals surface area contributed by atoms with E-state index in [-0.39, 0.29) is 6.04 Å². The van der Waals surface area contributed by atoms with E-state index in [1.54, 1.807) is 12.4 Å². The summed E-state index contributed by atoms with van der Waals surface area (Å²) in [6, 6.07) is 0.946. The average molecular weight is 234 g/mol. The number of likely N-dealkylation sites (tertiary alicyclic amines) is 1. The van der Waals surface area contributed by atoms with Gasteiger partial charge in [-0.15, -0.1) is 0 Å². The van der Waals surface area contributed by atoms with Crippen LogP contribution in [0.3, 0.4) is 0 Å². The standard InChI is InChI=1S/C13H22N4/c1-11(13-10-14-6-7-15-13)16-9-12-5-3-4-8-17(12)2/h6-7,10-12,16H,3-5,8-9H2,1-2H3. The summed E-state index contributed by atoms with van der Waals surface area (Å²) in [7, 11) is 2.22. The average Bonchev–Trinajstić information content (AvgIpc) is 2.38. The van der Waals surface area contributed by atoms with E-state index in [4.69, 9.17) is 0 Å². The van der Waals surface area contributed by atoms with Crippen molar-refractivity contribution in [2.45, 2.75) is 38.3 Å². The zero-order chi connectivity index (χ0) is 12.1. The monoisotopic (exact) mass is 234 g/mol. The number of piperidine rings is 1. The van der Waals surface area contributed by atoms with Gasteiger partial charge in [0.1, 0.15) is 0 Å². The molecule has 0 amide bonds. The summed E-state index contributed by atoms with van der Waals surface area (Å²) < 4.78 is 0. The van der Waals surface area contributed by atoms with Crippen LogP contribution in [0.2, 0.25) is 0 Å². The van der Waals surface area contributed by atoms with Crippen molar-refractivity contribution in [2.24, 2.45) is 0 Å². The Morgan fingerprint density at radius 2 is 2.35 bits per heavy atom. The first-order chi connectivity index (χ1) is 8.27. The molecule has 1 fully saturated rings. The summed E-state index contributed by atoms with van der Waals surface area (Å²) in [4.78, 5) is 10.9. The van der Waals surface area contributed by atoms with Crippen molar-refractivity contribution < 1.29 is 0 Å². The number of likely N-dealkylation sites (N-methyl/N-ethyl adjacent to an activating group) is 1. The van der Waals surface area contributed by atoms with Crippen LogP contribution in [0.4, 0.5) is 0 Å². The Kier molecular flexibility index (Phi) is 4.45. The van der Waals surface area contributed by atoms with Gasteiger partial charge in [0, 0.05) is 37.2 Å². The van der Waals surface area contributed by atoms with Crippen LogP contribution in [-0.2, 0) is 0 Å². The normalized spacial score (nSPS) is 23.5. The first-order valence-corrected chi connectivity index (χ1v) is 6.47. The molecular formula is C13H22N4. The van der Waals surface area contributed by atoms with E-state index in [9.17, 15) is 0 Å². The maximum atomic E-state index is 4.32. The molecule has 17 heavy (non-hydrogen) atoms. The van der Waals surface area contributed by atoms with Gasteiger partial charge in [-0.25, -0.2) is 0 Å². The van der Waals surface area contributed by atoms with Gasteiger partial charge in [0.15, 0.2) is 0 Å². The van der Waals surface area contributed by atoms with Gasteiger partial charge in [-0.2, -0.15) is 0 Å². The van der Waals surface area contributed by atoms with E-state index in [1.165, 1.54) is 25.8 Å². The minimum Gasteiger partial charge on any atom is -0.307 e. The van der Waals surface area contributed by atoms with Gasteiger partial charge in [0.25, 0.3) is 0 Å². The molecule has 1 aromatic heterocycles. The zero-order valence-corrected chi connectivity index (χ0v) is 10.8. The molecule has 0 bridgehead atoms. The molecule has 2 rings (SSSR count). The highest BCUT2D eigenvalue weighted by Crippen LogP contribution is 2.15. The van der Waals surface area contributed by atoms with Crippen LogP contribution in [0, 0.1) is 0 Å². The maximum Gasteiger partial charge on any atom is 0.0753 e. The Morgan fingerprint density at radius 3 is 3.06 bits per heavy atom. The van der Waals surface area contributed by atoms with E-state index in [1.807, 2.05) is 6.20 Å². The minimum absolute atomic E-state index is 0.277. The molecule has 2 atom stereocenters. The number of nitrogens with zero attached hydrogens (tertiary/aromatic N) is 3. The summed E-state index contributed by atoms with van der Waals surface area (Å²) >= 11 is 0. The van der Waals surface area contributed by atoms with Gasteiger partial charge in [-0.3, -0.25) is 9.97 Å². The molecule has 1 saturated heterocycles. The lowest BCUT2D eigenvalue weighted by Crippen LogP contribution is -2.43. The molecule has 2 unspecified atom stereocenters. The van der Waals surface area contributed by atoms with Gasteiger partial charge in [-0.1, -0.05) is 6.42 Å². The number of aromatic nitrogens is 2. The minimum atomic E-state index is 0.277. The summed E-state index contributed by atoms with van der Waals surface area (Å²) in [5.74, 6) is 0. The second-order valence-electron chi connectivity index (χ2n) is 4.89. The summed E-state index contributed by atoms with van der Waals surface area (Å²) in [5.41, 5.74) is 1.02. The van der Waals surface area contributed by atoms with Crippen LogP contribution >= 0.6 is 0 Å². The largest absolute Gasteiger partial charge is 0.307 e. The van der Waals surface area contributed by atoms with E-state index < -0.39 is 0 Å². The fourth-order valence-corrected chi connectivity index (χ4v) is 2.35. The summed E-state index contributed by atoms with van der Waals surface area (Å²) in [6.07, 6.45) is 9.30. The van der Waals surface area contributed by atoms with Crippen LogP contribution in [-0.4, -0.2) is 41.0 Å². The smallest absolute Gasteiger partial charge is 0.0753 e. The Morgan fingerprint density at radius 1 is 1.47 bits per heavy atom. The van der Waals surface area contributed by atoms with E-state index >= 15 is 0 Å². The van der Waals surface area contributed by atoms with E-state index in [2.05, 4.69) is 34.2 Å². The Hall–Kier alpha value is -1.00. The molecule has 2 heterocycles. The molecule has 0 aromatic carbocycles. The number of rotatable bonds is 4. The Bertz CT molecular complexity index is 327. The lowest BCUT2D eigenvalue weighted by atomic mass is 10.0. The topological polar surface area (TPSA) is 41.0 Å². The van der Waals surface area contributed by atoms with Crippen LogP contribution in [0.25, 0.3) is 0 Å². The number of hydrogen-bond donors (Lipinski definition) is 1. The van der Waals surface area contributed by atoms with E-state index in [0.29, 0.717) is 6.04 Å². The van der Waals surface area contributed by atoms with Crippen molar-refractivity contribution in [1.82, 2.24) is 20.2 Å². The molecule has 1 aromatic rings. The molecule has 0 aliphatic carbocycles. The lowest BCUT2D eigenvalue weighted by molar-refractivity contribution is 0.178. The van der Waals surface area contributed by atoms with Crippen molar-refractivity contribution in [3.8, 4) is 0 Å². The highest BCUT2D eigenvalue weighted by molar-refractivity contribution is 5.00. The fraction of sp³-hybridized carbons (Fsp3) is 0.692.